The molecule has 1 saturated carbocycles. The van der Waals surface area contributed by atoms with Crippen molar-refractivity contribution in [3.8, 4) is 22.8 Å². The molecule has 3 atom stereocenters. The normalized spacial score (nSPS) is 23.6. The molecule has 0 bridgehead atoms. The average Bonchev–Trinajstić information content (AvgIpc) is 3.45. The lowest BCUT2D eigenvalue weighted by Crippen LogP contribution is -2.13. The van der Waals surface area contributed by atoms with E-state index in [4.69, 9.17) is 0 Å². The number of fused-ring (bicyclic) bond motifs is 1. The molecule has 1 aromatic carbocycles. The van der Waals surface area contributed by atoms with Crippen molar-refractivity contribution in [2.24, 2.45) is 17.8 Å². The number of nitrogens with zero attached hydrogens (tertiary/aromatic N) is 5. The number of allylic oxidation sites excluding steroid dienone is 1. The first-order valence-corrected chi connectivity index (χ1v) is 9.60. The van der Waals surface area contributed by atoms with E-state index in [2.05, 4.69) is 32.1 Å². The lowest BCUT2D eigenvalue weighted by atomic mass is 9.95. The van der Waals surface area contributed by atoms with Crippen LogP contribution < -0.4 is 5.32 Å². The van der Waals surface area contributed by atoms with E-state index < -0.39 is 0 Å². The molecule has 2 fully saturated rings. The number of rotatable bonds is 4. The maximum atomic E-state index is 10.4. The Hall–Kier alpha value is -3.06. The number of nitrogens with one attached hydrogen (secondary N) is 1. The highest BCUT2D eigenvalue weighted by molar-refractivity contribution is 5.67. The number of imidazole rings is 1. The summed E-state index contributed by atoms with van der Waals surface area (Å²) in [5, 5.41) is 22.5. The summed E-state index contributed by atoms with van der Waals surface area (Å²) < 4.78 is 1.82. The van der Waals surface area contributed by atoms with Gasteiger partial charge in [0.2, 0.25) is 0 Å². The summed E-state index contributed by atoms with van der Waals surface area (Å²) in [5.41, 5.74) is 3.14. The van der Waals surface area contributed by atoms with Crippen molar-refractivity contribution in [1.82, 2.24) is 30.0 Å². The zero-order chi connectivity index (χ0) is 19.1. The van der Waals surface area contributed by atoms with Crippen LogP contribution in [0.3, 0.4) is 0 Å². The van der Waals surface area contributed by atoms with Crippen molar-refractivity contribution < 1.29 is 5.11 Å². The van der Waals surface area contributed by atoms with Crippen molar-refractivity contribution >= 4 is 5.57 Å². The van der Waals surface area contributed by atoms with E-state index in [-0.39, 0.29) is 5.75 Å². The number of aromatic hydroxyl groups is 1. The fraction of sp³-hybridized carbons (Fsp3) is 0.333. The SMILES string of the molecule is C=C(c1cnc(-c2ccc(-n3ccnc3)cc2O)nn1)[C@H]1C[C@H]2CNC[C@H]2C1. The van der Waals surface area contributed by atoms with Gasteiger partial charge in [0.25, 0.3) is 0 Å². The Morgan fingerprint density at radius 2 is 2.00 bits per heavy atom. The van der Waals surface area contributed by atoms with Crippen LogP contribution in [0, 0.1) is 17.8 Å². The Balaban J connectivity index is 1.34. The molecule has 0 amide bonds. The number of benzene rings is 1. The van der Waals surface area contributed by atoms with E-state index in [1.165, 1.54) is 0 Å². The van der Waals surface area contributed by atoms with Crippen molar-refractivity contribution in [3.05, 3.63) is 55.4 Å². The molecule has 1 aliphatic carbocycles. The third kappa shape index (κ3) is 2.97. The second-order valence-corrected chi connectivity index (χ2v) is 7.71. The lowest BCUT2D eigenvalue weighted by molar-refractivity contribution is 0.476. The molecule has 3 heterocycles. The van der Waals surface area contributed by atoms with Crippen molar-refractivity contribution in [2.45, 2.75) is 12.8 Å². The Morgan fingerprint density at radius 1 is 1.18 bits per heavy atom. The Bertz CT molecular complexity index is 986. The minimum absolute atomic E-state index is 0.107. The molecule has 7 nitrogen and oxygen atoms in total. The van der Waals surface area contributed by atoms with Gasteiger partial charge in [-0.3, -0.25) is 0 Å². The van der Waals surface area contributed by atoms with E-state index in [0.717, 1.165) is 54.7 Å². The lowest BCUT2D eigenvalue weighted by Gasteiger charge is -2.14. The van der Waals surface area contributed by atoms with Gasteiger partial charge in [0, 0.05) is 18.5 Å². The highest BCUT2D eigenvalue weighted by Gasteiger charge is 2.38. The topological polar surface area (TPSA) is 88.8 Å². The molecular weight excluding hydrogens is 352 g/mol. The molecule has 142 valence electrons. The van der Waals surface area contributed by atoms with Gasteiger partial charge in [0.15, 0.2) is 5.82 Å². The first-order valence-electron chi connectivity index (χ1n) is 9.60. The molecule has 1 saturated heterocycles. The predicted octanol–water partition coefficient (Wildman–Crippen LogP) is 2.69. The highest BCUT2D eigenvalue weighted by atomic mass is 16.3. The second-order valence-electron chi connectivity index (χ2n) is 7.71. The zero-order valence-electron chi connectivity index (χ0n) is 15.5. The molecule has 2 aromatic heterocycles. The Kier molecular flexibility index (Phi) is 4.16. The molecule has 0 spiro atoms. The number of hydrogen-bond acceptors (Lipinski definition) is 6. The van der Waals surface area contributed by atoms with Crippen LogP contribution in [0.4, 0.5) is 0 Å². The molecule has 1 aliphatic heterocycles. The summed E-state index contributed by atoms with van der Waals surface area (Å²) in [4.78, 5) is 8.46. The molecule has 0 unspecified atom stereocenters. The largest absolute Gasteiger partial charge is 0.507 e. The third-order valence-corrected chi connectivity index (χ3v) is 6.06. The minimum Gasteiger partial charge on any atom is -0.507 e. The summed E-state index contributed by atoms with van der Waals surface area (Å²) in [6.07, 6.45) is 9.24. The maximum Gasteiger partial charge on any atom is 0.185 e. The van der Waals surface area contributed by atoms with E-state index in [0.29, 0.717) is 17.3 Å². The van der Waals surface area contributed by atoms with Crippen LogP contribution in [0.25, 0.3) is 22.6 Å². The first-order chi connectivity index (χ1) is 13.7. The maximum absolute atomic E-state index is 10.4. The molecule has 3 aromatic rings. The fourth-order valence-corrected chi connectivity index (χ4v) is 4.49. The molecule has 0 radical (unpaired) electrons. The molecule has 28 heavy (non-hydrogen) atoms. The van der Waals surface area contributed by atoms with Gasteiger partial charge >= 0.3 is 0 Å². The van der Waals surface area contributed by atoms with Gasteiger partial charge in [-0.05, 0) is 61.4 Å². The fourth-order valence-electron chi connectivity index (χ4n) is 4.49. The quantitative estimate of drug-likeness (QED) is 0.730. The van der Waals surface area contributed by atoms with Crippen molar-refractivity contribution in [1.29, 1.82) is 0 Å². The third-order valence-electron chi connectivity index (χ3n) is 6.06. The standard InChI is InChI=1S/C21H22N6O/c1-13(14-6-15-9-23-10-16(15)7-14)19-11-24-21(26-25-19)18-3-2-17(8-20(18)28)27-5-4-22-12-27/h2-5,8,11-12,14-16,23,28H,1,6-7,9-10H2/t14-,15-,16+. The van der Waals surface area contributed by atoms with Gasteiger partial charge in [-0.2, -0.15) is 0 Å². The van der Waals surface area contributed by atoms with E-state index >= 15 is 0 Å². The van der Waals surface area contributed by atoms with E-state index in [9.17, 15) is 5.11 Å². The van der Waals surface area contributed by atoms with Gasteiger partial charge in [-0.15, -0.1) is 10.2 Å². The summed E-state index contributed by atoms with van der Waals surface area (Å²) in [7, 11) is 0. The number of hydrogen-bond donors (Lipinski definition) is 2. The highest BCUT2D eigenvalue weighted by Crippen LogP contribution is 2.43. The summed E-state index contributed by atoms with van der Waals surface area (Å²) in [5.74, 6) is 2.48. The van der Waals surface area contributed by atoms with Gasteiger partial charge < -0.3 is 15.0 Å². The van der Waals surface area contributed by atoms with Crippen LogP contribution in [0.1, 0.15) is 18.5 Å². The molecule has 2 aliphatic rings. The van der Waals surface area contributed by atoms with Crippen LogP contribution in [-0.2, 0) is 0 Å². The second kappa shape index (κ2) is 6.83. The van der Waals surface area contributed by atoms with Gasteiger partial charge in [0.05, 0.1) is 23.8 Å². The van der Waals surface area contributed by atoms with Crippen LogP contribution in [-0.4, -0.2) is 42.9 Å². The van der Waals surface area contributed by atoms with E-state index in [1.54, 1.807) is 30.9 Å². The molecule has 5 rings (SSSR count). The molecule has 2 N–H and O–H groups in total. The van der Waals surface area contributed by atoms with Crippen LogP contribution in [0.2, 0.25) is 0 Å². The number of aromatic nitrogens is 5. The van der Waals surface area contributed by atoms with Gasteiger partial charge in [-0.1, -0.05) is 6.58 Å². The van der Waals surface area contributed by atoms with Crippen LogP contribution >= 0.6 is 0 Å². The molecular formula is C21H22N6O. The van der Waals surface area contributed by atoms with Crippen LogP contribution in [0.5, 0.6) is 5.75 Å². The van der Waals surface area contributed by atoms with Crippen molar-refractivity contribution in [3.63, 3.8) is 0 Å². The molecule has 7 heteroatoms. The Labute approximate surface area is 163 Å². The summed E-state index contributed by atoms with van der Waals surface area (Å²) in [6, 6.07) is 5.35. The average molecular weight is 374 g/mol. The predicted molar refractivity (Wildman–Crippen MR) is 106 cm³/mol. The van der Waals surface area contributed by atoms with Crippen molar-refractivity contribution in [2.75, 3.05) is 13.1 Å². The van der Waals surface area contributed by atoms with Crippen LogP contribution in [0.15, 0.2) is 49.7 Å². The first kappa shape index (κ1) is 17.1. The monoisotopic (exact) mass is 374 g/mol. The summed E-state index contributed by atoms with van der Waals surface area (Å²) >= 11 is 0. The van der Waals surface area contributed by atoms with Gasteiger partial charge in [-0.25, -0.2) is 9.97 Å². The Morgan fingerprint density at radius 3 is 2.64 bits per heavy atom. The smallest absolute Gasteiger partial charge is 0.185 e. The summed E-state index contributed by atoms with van der Waals surface area (Å²) in [6.45, 7) is 6.51. The van der Waals surface area contributed by atoms with Gasteiger partial charge in [0.1, 0.15) is 11.4 Å². The minimum atomic E-state index is 0.107. The number of phenolic OH excluding ortho intramolecular Hbond substituents is 1. The zero-order valence-corrected chi connectivity index (χ0v) is 15.5. The van der Waals surface area contributed by atoms with E-state index in [1.807, 2.05) is 16.8 Å². The number of phenols is 1.